The van der Waals surface area contributed by atoms with Crippen LogP contribution >= 0.6 is 11.3 Å². The third kappa shape index (κ3) is 4.67. The summed E-state index contributed by atoms with van der Waals surface area (Å²) in [4.78, 5) is 16.5. The van der Waals surface area contributed by atoms with Gasteiger partial charge >= 0.3 is 6.03 Å². The van der Waals surface area contributed by atoms with Gasteiger partial charge in [0.1, 0.15) is 23.2 Å². The number of carbonyl (C=O) groups is 1. The third-order valence-electron chi connectivity index (χ3n) is 3.77. The Morgan fingerprint density at radius 3 is 2.96 bits per heavy atom. The van der Waals surface area contributed by atoms with E-state index in [1.807, 2.05) is 12.3 Å². The summed E-state index contributed by atoms with van der Waals surface area (Å²) in [5.74, 6) is 0.574. The fourth-order valence-electron chi connectivity index (χ4n) is 2.43. The smallest absolute Gasteiger partial charge is 0.315 e. The standard InChI is InChI=1S/C17H20FN3O2S/c1-11(10-23-14-4-2-3-13(18)9-14)20-17(22)21-15(12-5-6-12)16-19-7-8-24-16/h2-4,7-9,11-12,15H,5-6,10H2,1H3,(H2,20,21,22)/t11-,15-/m0/s1. The minimum absolute atomic E-state index is 0.0265. The number of amides is 2. The second-order valence-electron chi connectivity index (χ2n) is 5.97. The van der Waals surface area contributed by atoms with Crippen molar-refractivity contribution in [3.05, 3.63) is 46.7 Å². The molecule has 1 heterocycles. The van der Waals surface area contributed by atoms with Crippen molar-refractivity contribution >= 4 is 17.4 Å². The van der Waals surface area contributed by atoms with Gasteiger partial charge in [0, 0.05) is 17.6 Å². The van der Waals surface area contributed by atoms with E-state index in [4.69, 9.17) is 4.74 Å². The molecule has 2 atom stereocenters. The largest absolute Gasteiger partial charge is 0.491 e. The first-order valence-electron chi connectivity index (χ1n) is 7.96. The lowest BCUT2D eigenvalue weighted by Gasteiger charge is -2.19. The Labute approximate surface area is 144 Å². The average molecular weight is 349 g/mol. The molecule has 0 saturated heterocycles. The highest BCUT2D eigenvalue weighted by atomic mass is 32.1. The number of hydrogen-bond acceptors (Lipinski definition) is 4. The molecule has 2 aromatic rings. The van der Waals surface area contributed by atoms with E-state index in [1.165, 1.54) is 12.1 Å². The average Bonchev–Trinajstić information content (AvgIpc) is 3.25. The lowest BCUT2D eigenvalue weighted by atomic mass is 10.2. The van der Waals surface area contributed by atoms with E-state index in [0.29, 0.717) is 11.7 Å². The van der Waals surface area contributed by atoms with Crippen LogP contribution in [0, 0.1) is 11.7 Å². The number of carbonyl (C=O) groups excluding carboxylic acids is 1. The fraction of sp³-hybridized carbons (Fsp3) is 0.412. The van der Waals surface area contributed by atoms with Gasteiger partial charge in [-0.15, -0.1) is 11.3 Å². The molecule has 1 aromatic heterocycles. The molecule has 1 aliphatic carbocycles. The van der Waals surface area contributed by atoms with Crippen molar-refractivity contribution in [2.75, 3.05) is 6.61 Å². The Kier molecular flexibility index (Phi) is 5.30. The van der Waals surface area contributed by atoms with Gasteiger partial charge in [0.25, 0.3) is 0 Å². The number of nitrogens with zero attached hydrogens (tertiary/aromatic N) is 1. The number of aromatic nitrogens is 1. The predicted molar refractivity (Wildman–Crippen MR) is 90.6 cm³/mol. The monoisotopic (exact) mass is 349 g/mol. The van der Waals surface area contributed by atoms with Gasteiger partial charge in [-0.05, 0) is 37.8 Å². The first kappa shape index (κ1) is 16.7. The second kappa shape index (κ2) is 7.61. The van der Waals surface area contributed by atoms with E-state index in [9.17, 15) is 9.18 Å². The molecule has 7 heteroatoms. The Balaban J connectivity index is 1.47. The molecule has 0 aliphatic heterocycles. The molecule has 24 heavy (non-hydrogen) atoms. The van der Waals surface area contributed by atoms with Gasteiger partial charge in [0.05, 0.1) is 12.1 Å². The molecule has 0 spiro atoms. The van der Waals surface area contributed by atoms with Crippen molar-refractivity contribution < 1.29 is 13.9 Å². The zero-order chi connectivity index (χ0) is 16.9. The molecule has 1 fully saturated rings. The van der Waals surface area contributed by atoms with Crippen molar-refractivity contribution in [1.29, 1.82) is 0 Å². The number of hydrogen-bond donors (Lipinski definition) is 2. The maximum Gasteiger partial charge on any atom is 0.315 e. The Morgan fingerprint density at radius 2 is 2.29 bits per heavy atom. The topological polar surface area (TPSA) is 63.2 Å². The summed E-state index contributed by atoms with van der Waals surface area (Å²) >= 11 is 1.56. The molecule has 2 amide bonds. The number of ether oxygens (including phenoxy) is 1. The number of urea groups is 1. The van der Waals surface area contributed by atoms with Gasteiger partial charge in [-0.1, -0.05) is 6.07 Å². The predicted octanol–water partition coefficient (Wildman–Crippen LogP) is 3.50. The molecule has 0 bridgehead atoms. The van der Waals surface area contributed by atoms with Crippen LogP contribution in [0.1, 0.15) is 30.8 Å². The van der Waals surface area contributed by atoms with Crippen LogP contribution in [0.15, 0.2) is 35.8 Å². The summed E-state index contributed by atoms with van der Waals surface area (Å²) in [6.45, 7) is 2.11. The van der Waals surface area contributed by atoms with E-state index in [-0.39, 0.29) is 30.5 Å². The highest BCUT2D eigenvalue weighted by molar-refractivity contribution is 7.09. The molecule has 1 saturated carbocycles. The molecular formula is C17H20FN3O2S. The first-order valence-corrected chi connectivity index (χ1v) is 8.84. The van der Waals surface area contributed by atoms with Crippen molar-refractivity contribution in [3.8, 4) is 5.75 Å². The first-order chi connectivity index (χ1) is 11.6. The van der Waals surface area contributed by atoms with Crippen molar-refractivity contribution in [2.24, 2.45) is 5.92 Å². The lowest BCUT2D eigenvalue weighted by Crippen LogP contribution is -2.45. The number of nitrogens with one attached hydrogen (secondary N) is 2. The Morgan fingerprint density at radius 1 is 1.46 bits per heavy atom. The summed E-state index contributed by atoms with van der Waals surface area (Å²) in [6, 6.07) is 5.48. The van der Waals surface area contributed by atoms with Crippen molar-refractivity contribution in [3.63, 3.8) is 0 Å². The van der Waals surface area contributed by atoms with Crippen LogP contribution < -0.4 is 15.4 Å². The maximum atomic E-state index is 13.1. The number of rotatable bonds is 7. The molecule has 2 N–H and O–H groups in total. The molecule has 5 nitrogen and oxygen atoms in total. The molecule has 1 aliphatic rings. The van der Waals surface area contributed by atoms with E-state index in [2.05, 4.69) is 15.6 Å². The van der Waals surface area contributed by atoms with Crippen LogP contribution in [0.5, 0.6) is 5.75 Å². The van der Waals surface area contributed by atoms with Gasteiger partial charge in [-0.25, -0.2) is 14.2 Å². The van der Waals surface area contributed by atoms with E-state index in [1.54, 1.807) is 29.7 Å². The number of thiazole rings is 1. The number of halogens is 1. The van der Waals surface area contributed by atoms with E-state index >= 15 is 0 Å². The van der Waals surface area contributed by atoms with Crippen LogP contribution in [0.3, 0.4) is 0 Å². The zero-order valence-corrected chi connectivity index (χ0v) is 14.2. The minimum atomic E-state index is -0.346. The van der Waals surface area contributed by atoms with Crippen molar-refractivity contribution in [2.45, 2.75) is 31.8 Å². The summed E-state index contributed by atoms with van der Waals surface area (Å²) in [6.07, 6.45) is 3.98. The highest BCUT2D eigenvalue weighted by Gasteiger charge is 2.35. The van der Waals surface area contributed by atoms with Crippen LogP contribution in [0.25, 0.3) is 0 Å². The summed E-state index contributed by atoms with van der Waals surface area (Å²) in [5.41, 5.74) is 0. The minimum Gasteiger partial charge on any atom is -0.491 e. The van der Waals surface area contributed by atoms with Crippen LogP contribution in [0.4, 0.5) is 9.18 Å². The molecule has 0 unspecified atom stereocenters. The highest BCUT2D eigenvalue weighted by Crippen LogP contribution is 2.41. The van der Waals surface area contributed by atoms with Crippen LogP contribution in [-0.2, 0) is 0 Å². The van der Waals surface area contributed by atoms with Crippen LogP contribution in [0.2, 0.25) is 0 Å². The quantitative estimate of drug-likeness (QED) is 0.804. The van der Waals surface area contributed by atoms with E-state index in [0.717, 1.165) is 17.8 Å². The molecule has 128 valence electrons. The summed E-state index contributed by atoms with van der Waals surface area (Å²) < 4.78 is 18.6. The third-order valence-corrected chi connectivity index (χ3v) is 4.63. The normalized spacial score (nSPS) is 16.2. The summed E-state index contributed by atoms with van der Waals surface area (Å²) in [5, 5.41) is 8.71. The van der Waals surface area contributed by atoms with E-state index < -0.39 is 0 Å². The van der Waals surface area contributed by atoms with Gasteiger partial charge in [0.15, 0.2) is 0 Å². The number of benzene rings is 1. The van der Waals surface area contributed by atoms with Crippen molar-refractivity contribution in [1.82, 2.24) is 15.6 Å². The fourth-order valence-corrected chi connectivity index (χ4v) is 3.21. The Bertz CT molecular complexity index is 676. The lowest BCUT2D eigenvalue weighted by molar-refractivity contribution is 0.221. The van der Waals surface area contributed by atoms with Gasteiger partial charge in [0.2, 0.25) is 0 Å². The van der Waals surface area contributed by atoms with Gasteiger partial charge in [-0.3, -0.25) is 0 Å². The SMILES string of the molecule is C[C@@H](COc1cccc(F)c1)NC(=O)N[C@H](c1nccs1)C1CC1. The molecular weight excluding hydrogens is 329 g/mol. The maximum absolute atomic E-state index is 13.1. The molecule has 3 rings (SSSR count). The molecule has 1 aromatic carbocycles. The second-order valence-corrected chi connectivity index (χ2v) is 6.90. The Hall–Kier alpha value is -2.15. The van der Waals surface area contributed by atoms with Gasteiger partial charge in [-0.2, -0.15) is 0 Å². The molecule has 0 radical (unpaired) electrons. The van der Waals surface area contributed by atoms with Crippen LogP contribution in [-0.4, -0.2) is 23.7 Å². The zero-order valence-electron chi connectivity index (χ0n) is 13.4. The van der Waals surface area contributed by atoms with Gasteiger partial charge < -0.3 is 15.4 Å². The summed E-state index contributed by atoms with van der Waals surface area (Å²) in [7, 11) is 0.